The van der Waals surface area contributed by atoms with Gasteiger partial charge in [-0.1, -0.05) is 11.6 Å². The summed E-state index contributed by atoms with van der Waals surface area (Å²) in [7, 11) is 0. The van der Waals surface area contributed by atoms with Crippen molar-refractivity contribution >= 4 is 29.2 Å². The standard InChI is InChI=1S/C6H7Cl2F3O2/c1-3(2)13-4(12)5(7,9)6(8,10)11/h3H,1-2H3. The number of carbonyl (C=O) groups is 1. The van der Waals surface area contributed by atoms with Crippen LogP contribution in [0.1, 0.15) is 13.8 Å². The summed E-state index contributed by atoms with van der Waals surface area (Å²) in [6, 6.07) is 0. The van der Waals surface area contributed by atoms with Gasteiger partial charge in [-0.05, 0) is 25.4 Å². The molecule has 0 spiro atoms. The SMILES string of the molecule is CC(C)OC(=O)C(F)(Cl)C(F)(F)Cl. The minimum absolute atomic E-state index is 0.750. The molecule has 0 aromatic heterocycles. The molecule has 0 saturated heterocycles. The predicted octanol–water partition coefficient (Wildman–Crippen LogP) is 2.67. The minimum atomic E-state index is -4.50. The lowest BCUT2D eigenvalue weighted by atomic mass is 10.4. The normalized spacial score (nSPS) is 16.9. The fraction of sp³-hybridized carbons (Fsp3) is 0.833. The molecule has 7 heteroatoms. The molecule has 1 atom stereocenters. The lowest BCUT2D eigenvalue weighted by Crippen LogP contribution is -2.44. The van der Waals surface area contributed by atoms with E-state index in [0.29, 0.717) is 0 Å². The highest BCUT2D eigenvalue weighted by Gasteiger charge is 2.60. The first-order valence-corrected chi connectivity index (χ1v) is 4.00. The minimum Gasteiger partial charge on any atom is -0.459 e. The van der Waals surface area contributed by atoms with Gasteiger partial charge in [0.05, 0.1) is 6.10 Å². The molecular formula is C6H7Cl2F3O2. The van der Waals surface area contributed by atoms with Crippen molar-refractivity contribution < 1.29 is 22.7 Å². The van der Waals surface area contributed by atoms with E-state index in [1.807, 2.05) is 0 Å². The molecule has 0 radical (unpaired) electrons. The quantitative estimate of drug-likeness (QED) is 0.559. The number of esters is 1. The first-order valence-electron chi connectivity index (χ1n) is 3.24. The number of alkyl halides is 5. The molecule has 0 aliphatic heterocycles. The molecule has 2 nitrogen and oxygen atoms in total. The van der Waals surface area contributed by atoms with Crippen molar-refractivity contribution in [1.29, 1.82) is 0 Å². The van der Waals surface area contributed by atoms with Crippen molar-refractivity contribution in [3.8, 4) is 0 Å². The Bertz CT molecular complexity index is 201. The molecule has 0 fully saturated rings. The summed E-state index contributed by atoms with van der Waals surface area (Å²) in [5.41, 5.74) is 0. The van der Waals surface area contributed by atoms with Crippen molar-refractivity contribution in [1.82, 2.24) is 0 Å². The zero-order valence-corrected chi connectivity index (χ0v) is 8.30. The molecule has 1 unspecified atom stereocenters. The number of rotatable bonds is 3. The second-order valence-electron chi connectivity index (χ2n) is 2.53. The number of carbonyl (C=O) groups excluding carboxylic acids is 1. The van der Waals surface area contributed by atoms with Crippen LogP contribution < -0.4 is 0 Å². The third-order valence-electron chi connectivity index (χ3n) is 0.955. The molecule has 0 bridgehead atoms. The number of hydrogen-bond acceptors (Lipinski definition) is 2. The lowest BCUT2D eigenvalue weighted by Gasteiger charge is -2.21. The van der Waals surface area contributed by atoms with E-state index in [4.69, 9.17) is 0 Å². The summed E-state index contributed by atoms with van der Waals surface area (Å²) in [6.45, 7) is 2.72. The Morgan fingerprint density at radius 1 is 1.31 bits per heavy atom. The second-order valence-corrected chi connectivity index (χ2v) is 3.52. The third-order valence-corrected chi connectivity index (χ3v) is 1.70. The summed E-state index contributed by atoms with van der Waals surface area (Å²) in [5.74, 6) is -1.90. The third kappa shape index (κ3) is 3.23. The molecule has 0 rings (SSSR count). The van der Waals surface area contributed by atoms with Gasteiger partial charge in [0.25, 0.3) is 0 Å². The maximum atomic E-state index is 12.8. The molecule has 78 valence electrons. The highest BCUT2D eigenvalue weighted by atomic mass is 35.5. The fourth-order valence-corrected chi connectivity index (χ4v) is 0.526. The molecule has 0 aliphatic rings. The van der Waals surface area contributed by atoms with Gasteiger partial charge >= 0.3 is 16.5 Å². The van der Waals surface area contributed by atoms with Crippen LogP contribution in [-0.4, -0.2) is 22.6 Å². The molecule has 0 amide bonds. The summed E-state index contributed by atoms with van der Waals surface area (Å²) in [5, 5.41) is -8.53. The molecular weight excluding hydrogens is 232 g/mol. The lowest BCUT2D eigenvalue weighted by molar-refractivity contribution is -0.167. The van der Waals surface area contributed by atoms with Gasteiger partial charge < -0.3 is 4.74 Å². The number of hydrogen-bond donors (Lipinski definition) is 0. The second kappa shape index (κ2) is 3.92. The molecule has 13 heavy (non-hydrogen) atoms. The molecule has 0 heterocycles. The fourth-order valence-electron chi connectivity index (χ4n) is 0.404. The van der Waals surface area contributed by atoms with Crippen LogP contribution in [-0.2, 0) is 9.53 Å². The first-order chi connectivity index (χ1) is 5.59. The number of ether oxygens (including phenoxy) is 1. The van der Waals surface area contributed by atoms with E-state index >= 15 is 0 Å². The molecule has 0 N–H and O–H groups in total. The van der Waals surface area contributed by atoms with Crippen LogP contribution in [0.25, 0.3) is 0 Å². The Labute approximate surface area is 82.9 Å². The van der Waals surface area contributed by atoms with Gasteiger partial charge in [0.15, 0.2) is 0 Å². The summed E-state index contributed by atoms with van der Waals surface area (Å²) < 4.78 is 41.2. The van der Waals surface area contributed by atoms with E-state index in [0.717, 1.165) is 0 Å². The zero-order valence-electron chi connectivity index (χ0n) is 6.78. The van der Waals surface area contributed by atoms with E-state index < -0.39 is 22.6 Å². The Morgan fingerprint density at radius 2 is 1.69 bits per heavy atom. The van der Waals surface area contributed by atoms with Crippen LogP contribution in [0.3, 0.4) is 0 Å². The maximum absolute atomic E-state index is 12.8. The van der Waals surface area contributed by atoms with Crippen molar-refractivity contribution in [2.75, 3.05) is 0 Å². The highest BCUT2D eigenvalue weighted by Crippen LogP contribution is 2.40. The maximum Gasteiger partial charge on any atom is 0.380 e. The van der Waals surface area contributed by atoms with Gasteiger partial charge in [-0.3, -0.25) is 0 Å². The van der Waals surface area contributed by atoms with Crippen LogP contribution in [0.15, 0.2) is 0 Å². The monoisotopic (exact) mass is 238 g/mol. The van der Waals surface area contributed by atoms with E-state index in [-0.39, 0.29) is 0 Å². The van der Waals surface area contributed by atoms with E-state index in [9.17, 15) is 18.0 Å². The first kappa shape index (κ1) is 12.8. The van der Waals surface area contributed by atoms with Gasteiger partial charge in [-0.15, -0.1) is 0 Å². The summed E-state index contributed by atoms with van der Waals surface area (Å²) >= 11 is 8.85. The average Bonchev–Trinajstić information content (AvgIpc) is 1.82. The van der Waals surface area contributed by atoms with Crippen LogP contribution >= 0.6 is 23.2 Å². The Hall–Kier alpha value is -0.160. The Morgan fingerprint density at radius 3 is 1.92 bits per heavy atom. The molecule has 0 aromatic rings. The van der Waals surface area contributed by atoms with Crippen LogP contribution in [0.5, 0.6) is 0 Å². The van der Waals surface area contributed by atoms with E-state index in [1.165, 1.54) is 13.8 Å². The largest absolute Gasteiger partial charge is 0.459 e. The Kier molecular flexibility index (Phi) is 3.87. The van der Waals surface area contributed by atoms with Gasteiger partial charge in [0.2, 0.25) is 0 Å². The predicted molar refractivity (Wildman–Crippen MR) is 41.7 cm³/mol. The molecule has 0 saturated carbocycles. The Balaban J connectivity index is 4.56. The topological polar surface area (TPSA) is 26.3 Å². The van der Waals surface area contributed by atoms with Gasteiger partial charge in [0.1, 0.15) is 0 Å². The summed E-state index contributed by atoms with van der Waals surface area (Å²) in [6.07, 6.45) is -0.750. The van der Waals surface area contributed by atoms with Gasteiger partial charge in [0, 0.05) is 0 Å². The highest BCUT2D eigenvalue weighted by molar-refractivity contribution is 6.39. The van der Waals surface area contributed by atoms with Crippen LogP contribution in [0.2, 0.25) is 0 Å². The van der Waals surface area contributed by atoms with Crippen molar-refractivity contribution in [2.45, 2.75) is 30.5 Å². The van der Waals surface area contributed by atoms with E-state index in [1.54, 1.807) is 0 Å². The van der Waals surface area contributed by atoms with Gasteiger partial charge in [-0.25, -0.2) is 9.18 Å². The van der Waals surface area contributed by atoms with Crippen molar-refractivity contribution in [3.63, 3.8) is 0 Å². The van der Waals surface area contributed by atoms with E-state index in [2.05, 4.69) is 27.9 Å². The average molecular weight is 239 g/mol. The zero-order chi connectivity index (χ0) is 10.9. The smallest absolute Gasteiger partial charge is 0.380 e. The number of halogens is 5. The molecule has 0 aromatic carbocycles. The summed E-state index contributed by atoms with van der Waals surface area (Å²) in [4.78, 5) is 10.6. The van der Waals surface area contributed by atoms with Crippen LogP contribution in [0, 0.1) is 0 Å². The van der Waals surface area contributed by atoms with Crippen molar-refractivity contribution in [3.05, 3.63) is 0 Å². The van der Waals surface area contributed by atoms with Gasteiger partial charge in [-0.2, -0.15) is 8.78 Å². The van der Waals surface area contributed by atoms with Crippen molar-refractivity contribution in [2.24, 2.45) is 0 Å². The molecule has 0 aliphatic carbocycles. The van der Waals surface area contributed by atoms with Crippen LogP contribution in [0.4, 0.5) is 13.2 Å².